The maximum Gasteiger partial charge on any atom is 0.260 e. The zero-order valence-corrected chi connectivity index (χ0v) is 18.2. The van der Waals surface area contributed by atoms with E-state index in [1.54, 1.807) is 42.3 Å². The topological polar surface area (TPSA) is 54.9 Å². The van der Waals surface area contributed by atoms with E-state index in [2.05, 4.69) is 9.88 Å². The van der Waals surface area contributed by atoms with Crippen molar-refractivity contribution in [3.05, 3.63) is 53.8 Å². The Hall–Kier alpha value is -2.26. The Kier molecular flexibility index (Phi) is 7.60. The predicted octanol–water partition coefficient (Wildman–Crippen LogP) is 3.84. The van der Waals surface area contributed by atoms with E-state index < -0.39 is 0 Å². The lowest BCUT2D eigenvalue weighted by molar-refractivity contribution is 0.0391. The number of ether oxygens (including phenoxy) is 2. The molecule has 0 spiro atoms. The van der Waals surface area contributed by atoms with E-state index in [4.69, 9.17) is 9.47 Å². The Bertz CT molecular complexity index is 1010. The Morgan fingerprint density at radius 3 is 2.77 bits per heavy atom. The number of nitrogens with zero attached hydrogens (tertiary/aromatic N) is 3. The molecule has 3 aromatic rings. The molecule has 2 aromatic carbocycles. The molecule has 1 aliphatic heterocycles. The third kappa shape index (κ3) is 4.89. The molecule has 0 aliphatic carbocycles. The summed E-state index contributed by atoms with van der Waals surface area (Å²) >= 11 is 1.32. The van der Waals surface area contributed by atoms with E-state index >= 15 is 0 Å². The van der Waals surface area contributed by atoms with Gasteiger partial charge in [-0.25, -0.2) is 9.37 Å². The van der Waals surface area contributed by atoms with Crippen molar-refractivity contribution in [1.29, 1.82) is 0 Å². The molecular formula is C21H23ClFN3O3S. The minimum absolute atomic E-state index is 0. The molecule has 0 atom stereocenters. The summed E-state index contributed by atoms with van der Waals surface area (Å²) in [6, 6.07) is 11.9. The standard InChI is InChI=1S/C21H22FN3O3S.ClH/c1-27-16-5-2-4-15(14-16)20(26)25(9-8-24-10-12-28-13-11-24)21-23-19-17(22)6-3-7-18(19)29-21;/h2-7,14H,8-13H2,1H3;1H. The number of para-hydroxylation sites is 1. The van der Waals surface area contributed by atoms with Crippen molar-refractivity contribution in [1.82, 2.24) is 9.88 Å². The van der Waals surface area contributed by atoms with Crippen LogP contribution < -0.4 is 9.64 Å². The summed E-state index contributed by atoms with van der Waals surface area (Å²) < 4.78 is 25.5. The van der Waals surface area contributed by atoms with Crippen molar-refractivity contribution < 1.29 is 18.7 Å². The number of aromatic nitrogens is 1. The highest BCUT2D eigenvalue weighted by Gasteiger charge is 2.23. The number of anilines is 1. The van der Waals surface area contributed by atoms with E-state index in [0.717, 1.165) is 17.8 Å². The second kappa shape index (κ2) is 10.2. The lowest BCUT2D eigenvalue weighted by Crippen LogP contribution is -2.43. The maximum absolute atomic E-state index is 14.2. The minimum Gasteiger partial charge on any atom is -0.497 e. The number of hydrogen-bond acceptors (Lipinski definition) is 6. The molecule has 0 saturated carbocycles. The van der Waals surface area contributed by atoms with Crippen molar-refractivity contribution in [2.75, 3.05) is 51.4 Å². The number of benzene rings is 2. The van der Waals surface area contributed by atoms with E-state index in [1.165, 1.54) is 17.4 Å². The van der Waals surface area contributed by atoms with Gasteiger partial charge in [-0.3, -0.25) is 14.6 Å². The molecule has 30 heavy (non-hydrogen) atoms. The van der Waals surface area contributed by atoms with Crippen molar-refractivity contribution in [2.45, 2.75) is 0 Å². The number of thiazole rings is 1. The van der Waals surface area contributed by atoms with E-state index in [1.807, 2.05) is 6.07 Å². The highest BCUT2D eigenvalue weighted by Crippen LogP contribution is 2.31. The number of hydrogen-bond donors (Lipinski definition) is 0. The lowest BCUT2D eigenvalue weighted by atomic mass is 10.2. The molecule has 0 unspecified atom stereocenters. The fourth-order valence-corrected chi connectivity index (χ4v) is 4.29. The number of carbonyl (C=O) groups excluding carboxylic acids is 1. The zero-order valence-electron chi connectivity index (χ0n) is 16.5. The van der Waals surface area contributed by atoms with Crippen molar-refractivity contribution in [3.8, 4) is 5.75 Å². The van der Waals surface area contributed by atoms with Crippen LogP contribution in [0.1, 0.15) is 10.4 Å². The first kappa shape index (κ1) is 22.4. The number of halogens is 2. The number of morpholine rings is 1. The van der Waals surface area contributed by atoms with Crippen LogP contribution in [0.2, 0.25) is 0 Å². The van der Waals surface area contributed by atoms with Crippen LogP contribution in [0.5, 0.6) is 5.75 Å². The second-order valence-electron chi connectivity index (χ2n) is 6.73. The van der Waals surface area contributed by atoms with Gasteiger partial charge in [0.2, 0.25) is 0 Å². The molecule has 4 rings (SSSR count). The summed E-state index contributed by atoms with van der Waals surface area (Å²) in [4.78, 5) is 21.7. The number of fused-ring (bicyclic) bond motifs is 1. The quantitative estimate of drug-likeness (QED) is 0.570. The van der Waals surface area contributed by atoms with Crippen LogP contribution in [0.4, 0.5) is 9.52 Å². The predicted molar refractivity (Wildman–Crippen MR) is 119 cm³/mol. The molecule has 9 heteroatoms. The summed E-state index contributed by atoms with van der Waals surface area (Å²) in [7, 11) is 1.57. The van der Waals surface area contributed by atoms with Crippen molar-refractivity contribution >= 4 is 45.0 Å². The lowest BCUT2D eigenvalue weighted by Gasteiger charge is -2.29. The van der Waals surface area contributed by atoms with Gasteiger partial charge in [-0.1, -0.05) is 23.5 Å². The monoisotopic (exact) mass is 451 g/mol. The average molecular weight is 452 g/mol. The first-order valence-electron chi connectivity index (χ1n) is 9.47. The summed E-state index contributed by atoms with van der Waals surface area (Å²) in [6.45, 7) is 4.19. The summed E-state index contributed by atoms with van der Waals surface area (Å²) in [5.74, 6) is 0.0444. The Balaban J connectivity index is 0.00000256. The van der Waals surface area contributed by atoms with Crippen LogP contribution in [0.15, 0.2) is 42.5 Å². The van der Waals surface area contributed by atoms with Crippen LogP contribution in [-0.4, -0.2) is 62.3 Å². The first-order valence-corrected chi connectivity index (χ1v) is 10.3. The molecule has 1 fully saturated rings. The molecule has 1 aromatic heterocycles. The Morgan fingerprint density at radius 1 is 1.27 bits per heavy atom. The molecule has 6 nitrogen and oxygen atoms in total. The SMILES string of the molecule is COc1cccc(C(=O)N(CCN2CCOCC2)c2nc3c(F)cccc3s2)c1.Cl. The smallest absolute Gasteiger partial charge is 0.260 e. The molecular weight excluding hydrogens is 429 g/mol. The Labute approximate surface area is 184 Å². The van der Waals surface area contributed by atoms with Gasteiger partial charge >= 0.3 is 0 Å². The molecule has 160 valence electrons. The summed E-state index contributed by atoms with van der Waals surface area (Å²) in [5.41, 5.74) is 0.799. The average Bonchev–Trinajstić information content (AvgIpc) is 3.20. The van der Waals surface area contributed by atoms with Crippen molar-refractivity contribution in [3.63, 3.8) is 0 Å². The number of carbonyl (C=O) groups is 1. The molecule has 1 saturated heterocycles. The van der Waals surface area contributed by atoms with Gasteiger partial charge in [0.05, 0.1) is 25.0 Å². The summed E-state index contributed by atoms with van der Waals surface area (Å²) in [5, 5.41) is 0.492. The first-order chi connectivity index (χ1) is 14.2. The number of amides is 1. The van der Waals surface area contributed by atoms with Gasteiger partial charge in [-0.15, -0.1) is 12.4 Å². The van der Waals surface area contributed by atoms with E-state index in [0.29, 0.717) is 48.3 Å². The van der Waals surface area contributed by atoms with Crippen molar-refractivity contribution in [2.24, 2.45) is 0 Å². The van der Waals surface area contributed by atoms with Gasteiger partial charge in [-0.2, -0.15) is 0 Å². The van der Waals surface area contributed by atoms with Crippen LogP contribution in [0, 0.1) is 5.82 Å². The van der Waals surface area contributed by atoms with Crippen LogP contribution in [0.25, 0.3) is 10.2 Å². The van der Waals surface area contributed by atoms with Gasteiger partial charge < -0.3 is 9.47 Å². The zero-order chi connectivity index (χ0) is 20.2. The van der Waals surface area contributed by atoms with Gasteiger partial charge in [-0.05, 0) is 30.3 Å². The number of methoxy groups -OCH3 is 1. The molecule has 0 bridgehead atoms. The molecule has 1 amide bonds. The van der Waals surface area contributed by atoms with Gasteiger partial charge in [0.1, 0.15) is 17.1 Å². The largest absolute Gasteiger partial charge is 0.497 e. The van der Waals surface area contributed by atoms with Gasteiger partial charge in [0.15, 0.2) is 5.13 Å². The molecule has 0 radical (unpaired) electrons. The third-order valence-electron chi connectivity index (χ3n) is 4.89. The van der Waals surface area contributed by atoms with Gasteiger partial charge in [0, 0.05) is 31.7 Å². The normalized spacial score (nSPS) is 14.3. The van der Waals surface area contributed by atoms with Gasteiger partial charge in [0.25, 0.3) is 5.91 Å². The highest BCUT2D eigenvalue weighted by atomic mass is 35.5. The Morgan fingerprint density at radius 2 is 2.03 bits per heavy atom. The number of rotatable bonds is 6. The minimum atomic E-state index is -0.382. The fraction of sp³-hybridized carbons (Fsp3) is 0.333. The summed E-state index contributed by atoms with van der Waals surface area (Å²) in [6.07, 6.45) is 0. The van der Waals surface area contributed by atoms with Crippen LogP contribution >= 0.6 is 23.7 Å². The van der Waals surface area contributed by atoms with E-state index in [-0.39, 0.29) is 24.1 Å². The molecule has 0 N–H and O–H groups in total. The second-order valence-corrected chi connectivity index (χ2v) is 7.73. The molecule has 1 aliphatic rings. The fourth-order valence-electron chi connectivity index (χ4n) is 3.28. The molecule has 2 heterocycles. The highest BCUT2D eigenvalue weighted by molar-refractivity contribution is 7.22. The third-order valence-corrected chi connectivity index (χ3v) is 5.94. The van der Waals surface area contributed by atoms with Crippen LogP contribution in [-0.2, 0) is 4.74 Å². The van der Waals surface area contributed by atoms with E-state index in [9.17, 15) is 9.18 Å². The maximum atomic E-state index is 14.2. The van der Waals surface area contributed by atoms with Crippen LogP contribution in [0.3, 0.4) is 0 Å².